The molecule has 3 heterocycles. The van der Waals surface area contributed by atoms with Gasteiger partial charge in [0, 0.05) is 18.3 Å². The van der Waals surface area contributed by atoms with Crippen molar-refractivity contribution in [2.75, 3.05) is 32.1 Å². The Labute approximate surface area is 249 Å². The normalized spacial score (nSPS) is 17.7. The smallest absolute Gasteiger partial charge is 0.410 e. The largest absolute Gasteiger partial charge is 0.497 e. The van der Waals surface area contributed by atoms with Crippen molar-refractivity contribution in [2.24, 2.45) is 5.92 Å². The second-order valence-electron chi connectivity index (χ2n) is 10.7. The fourth-order valence-corrected chi connectivity index (χ4v) is 5.40. The number of likely N-dealkylation sites (tertiary alicyclic amines) is 1. The van der Waals surface area contributed by atoms with Gasteiger partial charge in [0.15, 0.2) is 0 Å². The summed E-state index contributed by atoms with van der Waals surface area (Å²) in [7, 11) is 1.61. The summed E-state index contributed by atoms with van der Waals surface area (Å²) in [5.41, 5.74) is 4.20. The van der Waals surface area contributed by atoms with E-state index >= 15 is 0 Å². The van der Waals surface area contributed by atoms with Gasteiger partial charge in [0.25, 0.3) is 0 Å². The highest BCUT2D eigenvalue weighted by molar-refractivity contribution is 5.95. The van der Waals surface area contributed by atoms with Crippen LogP contribution in [-0.2, 0) is 22.6 Å². The number of amides is 2. The van der Waals surface area contributed by atoms with E-state index in [0.717, 1.165) is 46.6 Å². The molecule has 0 bridgehead atoms. The van der Waals surface area contributed by atoms with Gasteiger partial charge in [0.2, 0.25) is 5.91 Å². The number of anilines is 1. The molecule has 2 atom stereocenters. The highest BCUT2D eigenvalue weighted by Crippen LogP contribution is 2.35. The van der Waals surface area contributed by atoms with E-state index in [2.05, 4.69) is 15.5 Å². The zero-order valence-corrected chi connectivity index (χ0v) is 24.0. The van der Waals surface area contributed by atoms with Crippen molar-refractivity contribution < 1.29 is 28.5 Å². The van der Waals surface area contributed by atoms with Crippen molar-refractivity contribution in [3.05, 3.63) is 90.3 Å². The number of ether oxygens (including phenoxy) is 4. The predicted molar refractivity (Wildman–Crippen MR) is 160 cm³/mol. The molecular weight excluding hydrogens is 548 g/mol. The van der Waals surface area contributed by atoms with E-state index < -0.39 is 0 Å². The number of piperidine rings is 1. The van der Waals surface area contributed by atoms with E-state index in [4.69, 9.17) is 18.9 Å². The van der Waals surface area contributed by atoms with Crippen LogP contribution in [0.3, 0.4) is 0 Å². The first-order valence-corrected chi connectivity index (χ1v) is 14.4. The van der Waals surface area contributed by atoms with Crippen LogP contribution < -0.4 is 19.5 Å². The zero-order valence-electron chi connectivity index (χ0n) is 24.0. The van der Waals surface area contributed by atoms with Gasteiger partial charge in [0.1, 0.15) is 36.6 Å². The topological polar surface area (TPSA) is 115 Å². The van der Waals surface area contributed by atoms with Crippen molar-refractivity contribution in [1.29, 1.82) is 0 Å². The Morgan fingerprint density at radius 1 is 1.09 bits per heavy atom. The van der Waals surface area contributed by atoms with E-state index in [9.17, 15) is 9.59 Å². The molecule has 1 aromatic heterocycles. The van der Waals surface area contributed by atoms with Crippen molar-refractivity contribution in [1.82, 2.24) is 15.1 Å². The summed E-state index contributed by atoms with van der Waals surface area (Å²) in [6.45, 7) is 1.47. The molecule has 10 heteroatoms. The molecule has 2 N–H and O–H groups in total. The number of carbonyl (C=O) groups is 2. The summed E-state index contributed by atoms with van der Waals surface area (Å²) in [6, 6.07) is 20.9. The maximum atomic E-state index is 13.5. The third kappa shape index (κ3) is 6.74. The molecule has 43 heavy (non-hydrogen) atoms. The highest BCUT2D eigenvalue weighted by Gasteiger charge is 2.29. The molecule has 1 saturated heterocycles. The minimum absolute atomic E-state index is 0.163. The summed E-state index contributed by atoms with van der Waals surface area (Å²) >= 11 is 0. The molecule has 2 aliphatic rings. The minimum Gasteiger partial charge on any atom is -0.497 e. The molecule has 0 saturated carbocycles. The van der Waals surface area contributed by atoms with Gasteiger partial charge in [-0.15, -0.1) is 0 Å². The molecule has 0 radical (unpaired) electrons. The molecule has 10 nitrogen and oxygen atoms in total. The number of nitrogens with one attached hydrogen (secondary N) is 2. The van der Waals surface area contributed by atoms with E-state index in [-0.39, 0.29) is 37.2 Å². The number of hydrogen-bond acceptors (Lipinski definition) is 7. The number of nitrogens with zero attached hydrogens (tertiary/aromatic N) is 2. The summed E-state index contributed by atoms with van der Waals surface area (Å²) in [6.07, 6.45) is 4.96. The SMILES string of the molecule is COc1ccc2c(c1)C[C@@H](C(=O)Nc1ccc(-c3cn[nH]c3)cc1O[C@H]1CCCN(C(=O)OCc3ccccc3)C1)CO2. The second-order valence-corrected chi connectivity index (χ2v) is 10.7. The van der Waals surface area contributed by atoms with Gasteiger partial charge in [-0.25, -0.2) is 4.79 Å². The van der Waals surface area contributed by atoms with Crippen LogP contribution in [0.2, 0.25) is 0 Å². The number of rotatable bonds is 8. The van der Waals surface area contributed by atoms with Crippen LogP contribution in [-0.4, -0.2) is 60.0 Å². The number of H-pyrrole nitrogens is 1. The molecule has 0 unspecified atom stereocenters. The first-order valence-electron chi connectivity index (χ1n) is 14.4. The average Bonchev–Trinajstić information content (AvgIpc) is 3.60. The summed E-state index contributed by atoms with van der Waals surface area (Å²) in [4.78, 5) is 28.0. The number of methoxy groups -OCH3 is 1. The molecule has 4 aromatic rings. The standard InChI is InChI=1S/C33H34N4O6/c1-40-27-10-12-30-24(15-27)14-25(21-41-30)32(38)36-29-11-9-23(26-17-34-35-18-26)16-31(29)43-28-8-5-13-37(19-28)33(39)42-20-22-6-3-2-4-7-22/h2-4,6-7,9-12,15-18,25,28H,5,8,13-14,19-21H2,1H3,(H,34,35)(H,36,38)/t25-,28+/m1/s1. The molecule has 0 spiro atoms. The lowest BCUT2D eigenvalue weighted by Crippen LogP contribution is -2.44. The molecule has 2 aliphatic heterocycles. The van der Waals surface area contributed by atoms with Crippen molar-refractivity contribution in [2.45, 2.75) is 32.0 Å². The molecule has 2 amide bonds. The first-order chi connectivity index (χ1) is 21.1. The number of fused-ring (bicyclic) bond motifs is 1. The Kier molecular flexibility index (Phi) is 8.44. The van der Waals surface area contributed by atoms with E-state index in [1.54, 1.807) is 24.4 Å². The Hall–Kier alpha value is -4.99. The van der Waals surface area contributed by atoms with E-state index in [1.165, 1.54) is 0 Å². The van der Waals surface area contributed by atoms with Gasteiger partial charge < -0.3 is 29.2 Å². The molecule has 1 fully saturated rings. The average molecular weight is 583 g/mol. The van der Waals surface area contributed by atoms with Crippen LogP contribution in [0.5, 0.6) is 17.2 Å². The quantitative estimate of drug-likeness (QED) is 0.284. The first kappa shape index (κ1) is 28.1. The van der Waals surface area contributed by atoms with Gasteiger partial charge in [-0.1, -0.05) is 36.4 Å². The lowest BCUT2D eigenvalue weighted by molar-refractivity contribution is -0.121. The highest BCUT2D eigenvalue weighted by atomic mass is 16.6. The number of hydrogen-bond donors (Lipinski definition) is 2. The number of aromatic amines is 1. The Balaban J connectivity index is 1.16. The van der Waals surface area contributed by atoms with Crippen molar-refractivity contribution in [3.8, 4) is 28.4 Å². The molecule has 222 valence electrons. The number of carbonyl (C=O) groups excluding carboxylic acids is 2. The van der Waals surface area contributed by atoms with Crippen LogP contribution in [0.4, 0.5) is 10.5 Å². The summed E-state index contributed by atoms with van der Waals surface area (Å²) in [5.74, 6) is 1.46. The summed E-state index contributed by atoms with van der Waals surface area (Å²) < 4.78 is 23.3. The molecular formula is C33H34N4O6. The maximum absolute atomic E-state index is 13.5. The lowest BCUT2D eigenvalue weighted by Gasteiger charge is -2.33. The fourth-order valence-electron chi connectivity index (χ4n) is 5.40. The van der Waals surface area contributed by atoms with Crippen LogP contribution in [0.25, 0.3) is 11.1 Å². The zero-order chi connectivity index (χ0) is 29.6. The van der Waals surface area contributed by atoms with Crippen molar-refractivity contribution >= 4 is 17.7 Å². The van der Waals surface area contributed by atoms with Crippen LogP contribution in [0, 0.1) is 5.92 Å². The van der Waals surface area contributed by atoms with Crippen LogP contribution >= 0.6 is 0 Å². The van der Waals surface area contributed by atoms with Gasteiger partial charge in [0.05, 0.1) is 31.5 Å². The van der Waals surface area contributed by atoms with E-state index in [0.29, 0.717) is 30.9 Å². The molecule has 0 aliphatic carbocycles. The fraction of sp³-hybridized carbons (Fsp3) is 0.303. The van der Waals surface area contributed by atoms with Gasteiger partial charge in [-0.3, -0.25) is 9.89 Å². The van der Waals surface area contributed by atoms with Crippen LogP contribution in [0.15, 0.2) is 79.1 Å². The predicted octanol–water partition coefficient (Wildman–Crippen LogP) is 5.46. The van der Waals surface area contributed by atoms with Crippen molar-refractivity contribution in [3.63, 3.8) is 0 Å². The van der Waals surface area contributed by atoms with Gasteiger partial charge >= 0.3 is 6.09 Å². The van der Waals surface area contributed by atoms with E-state index in [1.807, 2.05) is 66.7 Å². The Morgan fingerprint density at radius 3 is 2.79 bits per heavy atom. The second kappa shape index (κ2) is 12.9. The van der Waals surface area contributed by atoms with Gasteiger partial charge in [-0.2, -0.15) is 5.10 Å². The monoisotopic (exact) mass is 582 g/mol. The van der Waals surface area contributed by atoms with Crippen LogP contribution in [0.1, 0.15) is 24.0 Å². The lowest BCUT2D eigenvalue weighted by atomic mass is 9.95. The molecule has 3 aromatic carbocycles. The third-order valence-corrected chi connectivity index (χ3v) is 7.75. The number of benzene rings is 3. The van der Waals surface area contributed by atoms with Gasteiger partial charge in [-0.05, 0) is 66.3 Å². The minimum atomic E-state index is -0.384. The summed E-state index contributed by atoms with van der Waals surface area (Å²) in [5, 5.41) is 9.96. The number of aromatic nitrogens is 2. The Bertz CT molecular complexity index is 1560. The maximum Gasteiger partial charge on any atom is 0.410 e. The third-order valence-electron chi connectivity index (χ3n) is 7.75. The molecule has 6 rings (SSSR count). The Morgan fingerprint density at radius 2 is 1.98 bits per heavy atom.